The monoisotopic (exact) mass is 319 g/mol. The van der Waals surface area contributed by atoms with Crippen molar-refractivity contribution in [1.29, 1.82) is 0 Å². The minimum atomic E-state index is -0.0431. The number of fused-ring (bicyclic) bond motifs is 1. The van der Waals surface area contributed by atoms with Crippen molar-refractivity contribution in [2.45, 2.75) is 18.9 Å². The first-order valence-corrected chi connectivity index (χ1v) is 7.11. The van der Waals surface area contributed by atoms with Crippen molar-refractivity contribution < 1.29 is 9.53 Å². The lowest BCUT2D eigenvalue weighted by molar-refractivity contribution is -0.123. The van der Waals surface area contributed by atoms with Crippen molar-refractivity contribution in [2.75, 3.05) is 6.61 Å². The van der Waals surface area contributed by atoms with Crippen LogP contribution in [0.5, 0.6) is 5.75 Å². The lowest BCUT2D eigenvalue weighted by atomic mass is 10.1. The van der Waals surface area contributed by atoms with Crippen molar-refractivity contribution in [3.8, 4) is 5.75 Å². The predicted octanol–water partition coefficient (Wildman–Crippen LogP) is 3.26. The van der Waals surface area contributed by atoms with Crippen LogP contribution in [0.25, 0.3) is 10.8 Å². The van der Waals surface area contributed by atoms with Crippen LogP contribution in [0.15, 0.2) is 40.9 Å². The molecule has 98 valence electrons. The van der Waals surface area contributed by atoms with E-state index >= 15 is 0 Å². The molecule has 0 saturated heterocycles. The third-order valence-electron chi connectivity index (χ3n) is 3.09. The lowest BCUT2D eigenvalue weighted by Gasteiger charge is -2.07. The molecule has 0 bridgehead atoms. The maximum absolute atomic E-state index is 11.5. The first-order chi connectivity index (χ1) is 9.20. The molecule has 1 amide bonds. The van der Waals surface area contributed by atoms with Gasteiger partial charge in [0.1, 0.15) is 5.75 Å². The second kappa shape index (κ2) is 5.21. The van der Waals surface area contributed by atoms with E-state index in [1.807, 2.05) is 30.3 Å². The van der Waals surface area contributed by atoms with Gasteiger partial charge in [-0.15, -0.1) is 0 Å². The summed E-state index contributed by atoms with van der Waals surface area (Å²) in [6.45, 7) is 0.0819. The van der Waals surface area contributed by atoms with Crippen LogP contribution in [0.1, 0.15) is 12.8 Å². The summed E-state index contributed by atoms with van der Waals surface area (Å²) in [6.07, 6.45) is 2.19. The summed E-state index contributed by atoms with van der Waals surface area (Å²) in [5.41, 5.74) is 0. The second-order valence-electron chi connectivity index (χ2n) is 4.78. The van der Waals surface area contributed by atoms with Gasteiger partial charge in [-0.2, -0.15) is 0 Å². The Morgan fingerprint density at radius 3 is 2.74 bits per heavy atom. The standard InChI is InChI=1S/C15H14BrNO2/c16-12-3-1-11-8-14(6-2-10(11)7-12)19-9-15(18)17-13-4-5-13/h1-3,6-8,13H,4-5,9H2,(H,17,18). The molecular weight excluding hydrogens is 306 g/mol. The Morgan fingerprint density at radius 1 is 1.21 bits per heavy atom. The van der Waals surface area contributed by atoms with Crippen LogP contribution in [-0.2, 0) is 4.79 Å². The van der Waals surface area contributed by atoms with Crippen molar-refractivity contribution in [3.05, 3.63) is 40.9 Å². The Labute approximate surface area is 120 Å². The van der Waals surface area contributed by atoms with Crippen molar-refractivity contribution >= 4 is 32.6 Å². The summed E-state index contributed by atoms with van der Waals surface area (Å²) in [7, 11) is 0. The van der Waals surface area contributed by atoms with E-state index in [-0.39, 0.29) is 12.5 Å². The number of hydrogen-bond donors (Lipinski definition) is 1. The van der Waals surface area contributed by atoms with Gasteiger partial charge in [-0.25, -0.2) is 0 Å². The molecule has 1 saturated carbocycles. The second-order valence-corrected chi connectivity index (χ2v) is 5.70. The Kier molecular flexibility index (Phi) is 3.42. The van der Waals surface area contributed by atoms with E-state index in [2.05, 4.69) is 27.3 Å². The van der Waals surface area contributed by atoms with Gasteiger partial charge in [-0.3, -0.25) is 4.79 Å². The highest BCUT2D eigenvalue weighted by atomic mass is 79.9. The molecule has 19 heavy (non-hydrogen) atoms. The first-order valence-electron chi connectivity index (χ1n) is 6.32. The molecule has 0 aliphatic heterocycles. The molecule has 1 aliphatic rings. The molecule has 1 fully saturated rings. The van der Waals surface area contributed by atoms with E-state index in [1.54, 1.807) is 0 Å². The van der Waals surface area contributed by atoms with Crippen molar-refractivity contribution in [1.82, 2.24) is 5.32 Å². The minimum absolute atomic E-state index is 0.0431. The summed E-state index contributed by atoms with van der Waals surface area (Å²) in [5, 5.41) is 5.14. The average molecular weight is 320 g/mol. The number of nitrogens with one attached hydrogen (secondary N) is 1. The molecule has 1 aliphatic carbocycles. The molecule has 0 heterocycles. The molecule has 3 rings (SSSR count). The Morgan fingerprint density at radius 2 is 1.95 bits per heavy atom. The average Bonchev–Trinajstić information content (AvgIpc) is 3.20. The van der Waals surface area contributed by atoms with Crippen molar-refractivity contribution in [2.24, 2.45) is 0 Å². The highest BCUT2D eigenvalue weighted by molar-refractivity contribution is 9.10. The van der Waals surface area contributed by atoms with Crippen LogP contribution >= 0.6 is 15.9 Å². The van der Waals surface area contributed by atoms with Gasteiger partial charge < -0.3 is 10.1 Å². The molecule has 2 aromatic carbocycles. The maximum atomic E-state index is 11.5. The summed E-state index contributed by atoms with van der Waals surface area (Å²) in [5.74, 6) is 0.680. The molecule has 3 nitrogen and oxygen atoms in total. The topological polar surface area (TPSA) is 38.3 Å². The van der Waals surface area contributed by atoms with E-state index < -0.39 is 0 Å². The number of amides is 1. The van der Waals surface area contributed by atoms with Crippen LogP contribution in [0.4, 0.5) is 0 Å². The van der Waals surface area contributed by atoms with Gasteiger partial charge in [0.25, 0.3) is 5.91 Å². The van der Waals surface area contributed by atoms with E-state index in [1.165, 1.54) is 0 Å². The largest absolute Gasteiger partial charge is 0.484 e. The van der Waals surface area contributed by atoms with Gasteiger partial charge in [-0.05, 0) is 47.9 Å². The summed E-state index contributed by atoms with van der Waals surface area (Å²) in [4.78, 5) is 11.5. The SMILES string of the molecule is O=C(COc1ccc2cc(Br)ccc2c1)NC1CC1. The third-order valence-corrected chi connectivity index (χ3v) is 3.58. The van der Waals surface area contributed by atoms with Crippen LogP contribution < -0.4 is 10.1 Å². The van der Waals surface area contributed by atoms with Crippen LogP contribution in [0.3, 0.4) is 0 Å². The fourth-order valence-corrected chi connectivity index (χ4v) is 2.31. The minimum Gasteiger partial charge on any atom is -0.484 e. The zero-order chi connectivity index (χ0) is 13.2. The molecule has 2 aromatic rings. The van der Waals surface area contributed by atoms with Crippen LogP contribution in [0.2, 0.25) is 0 Å². The number of rotatable bonds is 4. The van der Waals surface area contributed by atoms with Gasteiger partial charge in [-0.1, -0.05) is 28.1 Å². The van der Waals surface area contributed by atoms with Crippen LogP contribution in [0, 0.1) is 0 Å². The molecule has 0 radical (unpaired) electrons. The zero-order valence-corrected chi connectivity index (χ0v) is 11.9. The smallest absolute Gasteiger partial charge is 0.258 e. The molecule has 0 atom stereocenters. The highest BCUT2D eigenvalue weighted by Gasteiger charge is 2.23. The fraction of sp³-hybridized carbons (Fsp3) is 0.267. The number of benzene rings is 2. The molecule has 1 N–H and O–H groups in total. The Hall–Kier alpha value is -1.55. The number of halogens is 1. The Balaban J connectivity index is 1.67. The van der Waals surface area contributed by atoms with Crippen LogP contribution in [-0.4, -0.2) is 18.6 Å². The molecule has 4 heteroatoms. The normalized spacial score (nSPS) is 14.4. The summed E-state index contributed by atoms with van der Waals surface area (Å²) in [6, 6.07) is 12.3. The van der Waals surface area contributed by atoms with Gasteiger partial charge >= 0.3 is 0 Å². The van der Waals surface area contributed by atoms with Gasteiger partial charge in [0.2, 0.25) is 0 Å². The van der Waals surface area contributed by atoms with E-state index in [0.29, 0.717) is 6.04 Å². The van der Waals surface area contributed by atoms with Gasteiger partial charge in [0.15, 0.2) is 6.61 Å². The van der Waals surface area contributed by atoms with E-state index in [0.717, 1.165) is 33.8 Å². The molecule has 0 aromatic heterocycles. The number of carbonyl (C=O) groups is 1. The number of hydrogen-bond acceptors (Lipinski definition) is 2. The summed E-state index contributed by atoms with van der Waals surface area (Å²) < 4.78 is 6.56. The lowest BCUT2D eigenvalue weighted by Crippen LogP contribution is -2.30. The number of ether oxygens (including phenoxy) is 1. The first kappa shape index (κ1) is 12.5. The summed E-state index contributed by atoms with van der Waals surface area (Å²) >= 11 is 3.45. The molecular formula is C15H14BrNO2. The van der Waals surface area contributed by atoms with E-state index in [9.17, 15) is 4.79 Å². The molecule has 0 spiro atoms. The van der Waals surface area contributed by atoms with Gasteiger partial charge in [0.05, 0.1) is 0 Å². The fourth-order valence-electron chi connectivity index (χ4n) is 1.93. The molecule has 0 unspecified atom stereocenters. The van der Waals surface area contributed by atoms with Gasteiger partial charge in [0, 0.05) is 10.5 Å². The third kappa shape index (κ3) is 3.26. The van der Waals surface area contributed by atoms with E-state index in [4.69, 9.17) is 4.74 Å². The predicted molar refractivity (Wildman–Crippen MR) is 78.3 cm³/mol. The van der Waals surface area contributed by atoms with Crippen molar-refractivity contribution in [3.63, 3.8) is 0 Å². The highest BCUT2D eigenvalue weighted by Crippen LogP contribution is 2.24. The maximum Gasteiger partial charge on any atom is 0.258 e. The zero-order valence-electron chi connectivity index (χ0n) is 10.4. The Bertz CT molecular complexity index is 623. The quantitative estimate of drug-likeness (QED) is 0.939. The number of carbonyl (C=O) groups excluding carboxylic acids is 1.